The molecule has 58 heavy (non-hydrogen) atoms. The normalized spacial score (nSPS) is 12.8. The fourth-order valence-electron chi connectivity index (χ4n) is 6.88. The van der Waals surface area contributed by atoms with E-state index in [1.807, 2.05) is 30.3 Å². The third-order valence-electron chi connectivity index (χ3n) is 9.94. The van der Waals surface area contributed by atoms with Crippen molar-refractivity contribution in [1.29, 1.82) is 0 Å². The van der Waals surface area contributed by atoms with Gasteiger partial charge < -0.3 is 29.7 Å². The number of fused-ring (bicyclic) bond motifs is 2. The van der Waals surface area contributed by atoms with Crippen LogP contribution in [0, 0.1) is 0 Å². The van der Waals surface area contributed by atoms with E-state index in [-0.39, 0.29) is 11.5 Å². The highest BCUT2D eigenvalue weighted by atomic mass is 35.5. The molecule has 7 aromatic rings. The van der Waals surface area contributed by atoms with Gasteiger partial charge in [0.25, 0.3) is 5.91 Å². The molecule has 0 bridgehead atoms. The summed E-state index contributed by atoms with van der Waals surface area (Å²) in [5, 5.41) is 13.4. The van der Waals surface area contributed by atoms with Gasteiger partial charge in [-0.25, -0.2) is 4.79 Å². The minimum absolute atomic E-state index is 0.103. The lowest BCUT2D eigenvalue weighted by Crippen LogP contribution is -2.46. The Balaban J connectivity index is 0.000000199. The summed E-state index contributed by atoms with van der Waals surface area (Å²) in [6.07, 6.45) is 6.19. The number of aromatic nitrogens is 4. The zero-order valence-corrected chi connectivity index (χ0v) is 33.5. The standard InChI is InChI=1S/C28H28ClN5O2.C16H11ClN2O3/c1-3-33-13-15-34(16-14-33)20-6-4-5-19(17-20)32-28(35)23-9-8-22(26-27(23)31-12-11-30-26)24-18-21(36-2)7-10-25(24)29;1-22-9-2-5-13(17)12(8-9)10-3-4-11(16(20)21)15-14(10)18-6-7-19-15/h4-12,17-18H,3,13-16H2,1-2H3,(H,32,35);2-8H,1H3,(H,20,21). The molecule has 1 saturated heterocycles. The van der Waals surface area contributed by atoms with E-state index in [0.29, 0.717) is 60.3 Å². The van der Waals surface area contributed by atoms with Crippen molar-refractivity contribution < 1.29 is 24.2 Å². The van der Waals surface area contributed by atoms with Gasteiger partial charge in [-0.3, -0.25) is 24.7 Å². The highest BCUT2D eigenvalue weighted by Gasteiger charge is 2.20. The van der Waals surface area contributed by atoms with Crippen molar-refractivity contribution in [2.75, 3.05) is 57.2 Å². The average molecular weight is 817 g/mol. The van der Waals surface area contributed by atoms with Crippen LogP contribution in [0.5, 0.6) is 11.5 Å². The molecule has 0 atom stereocenters. The largest absolute Gasteiger partial charge is 0.497 e. The van der Waals surface area contributed by atoms with Crippen LogP contribution in [0.3, 0.4) is 0 Å². The SMILES string of the molecule is CCN1CCN(c2cccc(NC(=O)c3ccc(-c4cc(OC)ccc4Cl)c4nccnc34)c2)CC1.COc1ccc(Cl)c(-c2ccc(C(=O)O)c3nccnc23)c1. The first-order valence-electron chi connectivity index (χ1n) is 18.5. The molecule has 14 heteroatoms. The number of carboxylic acids is 1. The zero-order chi connectivity index (χ0) is 40.8. The van der Waals surface area contributed by atoms with Crippen molar-refractivity contribution in [2.45, 2.75) is 6.92 Å². The van der Waals surface area contributed by atoms with Crippen LogP contribution in [0.1, 0.15) is 27.6 Å². The number of ether oxygens (including phenoxy) is 2. The molecule has 0 saturated carbocycles. The molecule has 8 rings (SSSR count). The third kappa shape index (κ3) is 8.49. The fraction of sp³-hybridized carbons (Fsp3) is 0.182. The van der Waals surface area contributed by atoms with Crippen molar-refractivity contribution >= 4 is 68.5 Å². The molecule has 1 aliphatic rings. The number of carboxylic acid groups (broad SMARTS) is 1. The molecular formula is C44H39Cl2N7O5. The Hall–Kier alpha value is -6.34. The number of methoxy groups -OCH3 is 2. The molecule has 0 spiro atoms. The summed E-state index contributed by atoms with van der Waals surface area (Å²) in [4.78, 5) is 46.9. The molecule has 12 nitrogen and oxygen atoms in total. The molecule has 294 valence electrons. The summed E-state index contributed by atoms with van der Waals surface area (Å²) in [7, 11) is 3.18. The smallest absolute Gasteiger partial charge is 0.337 e. The summed E-state index contributed by atoms with van der Waals surface area (Å²) in [6, 6.07) is 25.5. The first-order valence-corrected chi connectivity index (χ1v) is 19.2. The number of carbonyl (C=O) groups excluding carboxylic acids is 1. The van der Waals surface area contributed by atoms with Crippen LogP contribution in [0.25, 0.3) is 44.3 Å². The Kier molecular flexibility index (Phi) is 12.3. The van der Waals surface area contributed by atoms with Crippen molar-refractivity contribution in [1.82, 2.24) is 24.8 Å². The lowest BCUT2D eigenvalue weighted by Gasteiger charge is -2.35. The Bertz CT molecular complexity index is 2640. The Labute approximate surface area is 345 Å². The lowest BCUT2D eigenvalue weighted by molar-refractivity contribution is 0.0698. The Morgan fingerprint density at radius 3 is 1.69 bits per heavy atom. The van der Waals surface area contributed by atoms with Gasteiger partial charge in [-0.1, -0.05) is 48.3 Å². The summed E-state index contributed by atoms with van der Waals surface area (Å²) < 4.78 is 10.6. The van der Waals surface area contributed by atoms with Gasteiger partial charge in [-0.15, -0.1) is 0 Å². The van der Waals surface area contributed by atoms with Crippen molar-refractivity contribution in [3.8, 4) is 33.8 Å². The second-order valence-corrected chi connectivity index (χ2v) is 14.1. The van der Waals surface area contributed by atoms with E-state index < -0.39 is 5.97 Å². The number of nitrogens with zero attached hydrogens (tertiary/aromatic N) is 6. The molecule has 3 heterocycles. The van der Waals surface area contributed by atoms with Gasteiger partial charge >= 0.3 is 5.97 Å². The maximum atomic E-state index is 13.4. The minimum atomic E-state index is -1.05. The van der Waals surface area contributed by atoms with Crippen LogP contribution in [-0.4, -0.2) is 88.8 Å². The molecule has 5 aromatic carbocycles. The second kappa shape index (κ2) is 17.9. The van der Waals surface area contributed by atoms with E-state index >= 15 is 0 Å². The molecule has 1 aliphatic heterocycles. The van der Waals surface area contributed by atoms with Gasteiger partial charge in [0.1, 0.15) is 22.5 Å². The van der Waals surface area contributed by atoms with Crippen LogP contribution < -0.4 is 19.7 Å². The van der Waals surface area contributed by atoms with Gasteiger partial charge in [-0.05, 0) is 73.3 Å². The quantitative estimate of drug-likeness (QED) is 0.144. The first kappa shape index (κ1) is 39.9. The monoisotopic (exact) mass is 815 g/mol. The Morgan fingerprint density at radius 1 is 0.655 bits per heavy atom. The highest BCUT2D eigenvalue weighted by molar-refractivity contribution is 6.34. The molecule has 1 amide bonds. The highest BCUT2D eigenvalue weighted by Crippen LogP contribution is 2.37. The van der Waals surface area contributed by atoms with Gasteiger partial charge in [0, 0.05) is 94.6 Å². The molecule has 2 N–H and O–H groups in total. The number of aromatic carboxylic acids is 1. The minimum Gasteiger partial charge on any atom is -0.497 e. The topological polar surface area (TPSA) is 143 Å². The number of amides is 1. The van der Waals surface area contributed by atoms with E-state index in [2.05, 4.69) is 48.0 Å². The van der Waals surface area contributed by atoms with E-state index in [1.165, 1.54) is 18.5 Å². The van der Waals surface area contributed by atoms with Gasteiger partial charge in [0.15, 0.2) is 0 Å². The summed E-state index contributed by atoms with van der Waals surface area (Å²) in [5.74, 6) is 0.0496. The maximum absolute atomic E-state index is 13.4. The predicted octanol–water partition coefficient (Wildman–Crippen LogP) is 9.01. The van der Waals surface area contributed by atoms with E-state index in [4.69, 9.17) is 32.7 Å². The number of likely N-dealkylation sites (N-methyl/N-ethyl adjacent to an activating group) is 1. The van der Waals surface area contributed by atoms with E-state index in [9.17, 15) is 14.7 Å². The summed E-state index contributed by atoms with van der Waals surface area (Å²) in [6.45, 7) is 7.30. The average Bonchev–Trinajstić information content (AvgIpc) is 3.26. The van der Waals surface area contributed by atoms with Crippen molar-refractivity contribution in [3.05, 3.63) is 131 Å². The third-order valence-corrected chi connectivity index (χ3v) is 10.6. The van der Waals surface area contributed by atoms with Crippen LogP contribution in [0.15, 0.2) is 110 Å². The molecule has 0 aliphatic carbocycles. The van der Waals surface area contributed by atoms with E-state index in [1.54, 1.807) is 69.1 Å². The lowest BCUT2D eigenvalue weighted by atomic mass is 10.00. The molecule has 0 radical (unpaired) electrons. The molecular weight excluding hydrogens is 777 g/mol. The number of halogens is 2. The number of hydrogen-bond acceptors (Lipinski definition) is 10. The number of benzene rings is 5. The predicted molar refractivity (Wildman–Crippen MR) is 229 cm³/mol. The number of carbonyl (C=O) groups is 2. The zero-order valence-electron chi connectivity index (χ0n) is 31.9. The van der Waals surface area contributed by atoms with Gasteiger partial charge in [0.2, 0.25) is 0 Å². The fourth-order valence-corrected chi connectivity index (χ4v) is 7.32. The number of piperazine rings is 1. The van der Waals surface area contributed by atoms with Crippen molar-refractivity contribution in [2.24, 2.45) is 0 Å². The Morgan fingerprint density at radius 2 is 1.17 bits per heavy atom. The van der Waals surface area contributed by atoms with Crippen LogP contribution in [-0.2, 0) is 0 Å². The molecule has 2 aromatic heterocycles. The summed E-state index contributed by atoms with van der Waals surface area (Å²) >= 11 is 12.8. The first-order chi connectivity index (χ1) is 28.2. The van der Waals surface area contributed by atoms with Gasteiger partial charge in [-0.2, -0.15) is 0 Å². The molecule has 0 unspecified atom stereocenters. The maximum Gasteiger partial charge on any atom is 0.337 e. The van der Waals surface area contributed by atoms with E-state index in [0.717, 1.165) is 55.2 Å². The van der Waals surface area contributed by atoms with Crippen LogP contribution in [0.2, 0.25) is 10.0 Å². The second-order valence-electron chi connectivity index (χ2n) is 13.3. The summed E-state index contributed by atoms with van der Waals surface area (Å²) in [5.41, 5.74) is 7.29. The molecule has 1 fully saturated rings. The van der Waals surface area contributed by atoms with Crippen LogP contribution >= 0.6 is 23.2 Å². The van der Waals surface area contributed by atoms with Crippen molar-refractivity contribution in [3.63, 3.8) is 0 Å². The van der Waals surface area contributed by atoms with Gasteiger partial charge in [0.05, 0.1) is 36.4 Å². The number of nitrogens with one attached hydrogen (secondary N) is 1. The van der Waals surface area contributed by atoms with Crippen LogP contribution in [0.4, 0.5) is 11.4 Å². The number of hydrogen-bond donors (Lipinski definition) is 2. The number of rotatable bonds is 9. The number of anilines is 2.